The predicted molar refractivity (Wildman–Crippen MR) is 97.6 cm³/mol. The number of benzene rings is 1. The van der Waals surface area contributed by atoms with Crippen molar-refractivity contribution in [1.82, 2.24) is 9.88 Å². The van der Waals surface area contributed by atoms with Gasteiger partial charge >= 0.3 is 0 Å². The van der Waals surface area contributed by atoms with Gasteiger partial charge < -0.3 is 10.2 Å². The van der Waals surface area contributed by atoms with Crippen molar-refractivity contribution in [2.24, 2.45) is 0 Å². The molecule has 2 heterocycles. The van der Waals surface area contributed by atoms with Gasteiger partial charge in [-0.2, -0.15) is 0 Å². The molecule has 0 bridgehead atoms. The van der Waals surface area contributed by atoms with Crippen molar-refractivity contribution in [3.63, 3.8) is 0 Å². The van der Waals surface area contributed by atoms with Gasteiger partial charge in [0.2, 0.25) is 5.91 Å². The van der Waals surface area contributed by atoms with E-state index in [2.05, 4.69) is 20.1 Å². The third kappa shape index (κ3) is 4.04. The van der Waals surface area contributed by atoms with E-state index in [1.807, 2.05) is 43.5 Å². The molecular formula is C18H21ClN4O. The van der Waals surface area contributed by atoms with Crippen molar-refractivity contribution in [1.29, 1.82) is 0 Å². The minimum atomic E-state index is -0.174. The van der Waals surface area contributed by atoms with Gasteiger partial charge in [0.15, 0.2) is 0 Å². The number of aromatic nitrogens is 1. The largest absolute Gasteiger partial charge is 0.354 e. The molecular weight excluding hydrogens is 324 g/mol. The third-order valence-electron chi connectivity index (χ3n) is 4.33. The number of nitrogens with zero attached hydrogens (tertiary/aromatic N) is 3. The Labute approximate surface area is 147 Å². The molecule has 0 radical (unpaired) electrons. The standard InChI is InChI=1S/C18H21ClN4O/c1-14(18(24)21-16-7-5-15(19)6-8-16)22-10-12-23(13-11-22)17-4-2-3-9-20-17/h2-9,14H,10-13H2,1H3,(H,21,24)/t14-/m1/s1. The summed E-state index contributed by atoms with van der Waals surface area (Å²) in [5, 5.41) is 3.60. The highest BCUT2D eigenvalue weighted by atomic mass is 35.5. The molecule has 6 heteroatoms. The molecule has 2 aromatic rings. The molecule has 0 unspecified atom stereocenters. The van der Waals surface area contributed by atoms with Crippen LogP contribution in [0.15, 0.2) is 48.7 Å². The summed E-state index contributed by atoms with van der Waals surface area (Å²) >= 11 is 5.87. The van der Waals surface area contributed by atoms with Gasteiger partial charge in [0.05, 0.1) is 6.04 Å². The summed E-state index contributed by atoms with van der Waals surface area (Å²) in [5.74, 6) is 0.999. The first kappa shape index (κ1) is 16.7. The zero-order valence-electron chi connectivity index (χ0n) is 13.7. The first-order valence-electron chi connectivity index (χ1n) is 8.10. The summed E-state index contributed by atoms with van der Waals surface area (Å²) < 4.78 is 0. The fourth-order valence-corrected chi connectivity index (χ4v) is 2.95. The zero-order chi connectivity index (χ0) is 16.9. The molecule has 0 aliphatic carbocycles. The summed E-state index contributed by atoms with van der Waals surface area (Å²) in [5.41, 5.74) is 0.767. The minimum Gasteiger partial charge on any atom is -0.354 e. The van der Waals surface area contributed by atoms with Crippen molar-refractivity contribution in [2.75, 3.05) is 36.4 Å². The van der Waals surface area contributed by atoms with Crippen molar-refractivity contribution in [3.05, 3.63) is 53.7 Å². The third-order valence-corrected chi connectivity index (χ3v) is 4.58. The van der Waals surface area contributed by atoms with Gasteiger partial charge in [-0.25, -0.2) is 4.98 Å². The summed E-state index contributed by atoms with van der Waals surface area (Å²) in [6.07, 6.45) is 1.81. The van der Waals surface area contributed by atoms with Gasteiger partial charge in [-0.3, -0.25) is 9.69 Å². The van der Waals surface area contributed by atoms with E-state index < -0.39 is 0 Å². The van der Waals surface area contributed by atoms with Crippen LogP contribution < -0.4 is 10.2 Å². The zero-order valence-corrected chi connectivity index (χ0v) is 14.4. The molecule has 0 spiro atoms. The molecule has 24 heavy (non-hydrogen) atoms. The Balaban J connectivity index is 1.53. The molecule has 1 N–H and O–H groups in total. The maximum absolute atomic E-state index is 12.4. The number of hydrogen-bond acceptors (Lipinski definition) is 4. The van der Waals surface area contributed by atoms with E-state index in [1.165, 1.54) is 0 Å². The maximum atomic E-state index is 12.4. The highest BCUT2D eigenvalue weighted by Crippen LogP contribution is 2.16. The van der Waals surface area contributed by atoms with Gasteiger partial charge in [-0.1, -0.05) is 17.7 Å². The molecule has 0 saturated carbocycles. The lowest BCUT2D eigenvalue weighted by Gasteiger charge is -2.37. The van der Waals surface area contributed by atoms with E-state index in [-0.39, 0.29) is 11.9 Å². The second kappa shape index (κ2) is 7.64. The van der Waals surface area contributed by atoms with Crippen molar-refractivity contribution >= 4 is 29.0 Å². The Morgan fingerprint density at radius 2 is 1.83 bits per heavy atom. The molecule has 126 valence electrons. The van der Waals surface area contributed by atoms with Crippen LogP contribution in [-0.2, 0) is 4.79 Å². The van der Waals surface area contributed by atoms with Gasteiger partial charge in [0.25, 0.3) is 0 Å². The number of rotatable bonds is 4. The molecule has 1 aliphatic heterocycles. The minimum absolute atomic E-state index is 0.00334. The van der Waals surface area contributed by atoms with Crippen LogP contribution in [0.5, 0.6) is 0 Å². The Bertz CT molecular complexity index is 669. The highest BCUT2D eigenvalue weighted by Gasteiger charge is 2.26. The second-order valence-corrected chi connectivity index (χ2v) is 6.32. The molecule has 1 saturated heterocycles. The highest BCUT2D eigenvalue weighted by molar-refractivity contribution is 6.30. The monoisotopic (exact) mass is 344 g/mol. The van der Waals surface area contributed by atoms with Gasteiger partial charge in [-0.05, 0) is 43.3 Å². The number of piperazine rings is 1. The van der Waals surface area contributed by atoms with Crippen LogP contribution in [0.3, 0.4) is 0 Å². The van der Waals surface area contributed by atoms with Crippen LogP contribution in [0.1, 0.15) is 6.92 Å². The smallest absolute Gasteiger partial charge is 0.241 e. The molecule has 5 nitrogen and oxygen atoms in total. The molecule has 1 amide bonds. The molecule has 1 fully saturated rings. The lowest BCUT2D eigenvalue weighted by molar-refractivity contribution is -0.120. The number of carbonyl (C=O) groups excluding carboxylic acids is 1. The quantitative estimate of drug-likeness (QED) is 0.926. The Morgan fingerprint density at radius 3 is 2.46 bits per heavy atom. The average Bonchev–Trinajstić information content (AvgIpc) is 2.64. The normalized spacial score (nSPS) is 16.7. The van der Waals surface area contributed by atoms with Crippen LogP contribution in [-0.4, -0.2) is 48.0 Å². The number of anilines is 2. The number of pyridine rings is 1. The van der Waals surface area contributed by atoms with E-state index in [0.717, 1.165) is 37.7 Å². The number of halogens is 1. The topological polar surface area (TPSA) is 48.5 Å². The van der Waals surface area contributed by atoms with Gasteiger partial charge in [-0.15, -0.1) is 0 Å². The van der Waals surface area contributed by atoms with Crippen LogP contribution in [0.2, 0.25) is 5.02 Å². The Kier molecular flexibility index (Phi) is 5.33. The van der Waals surface area contributed by atoms with Crippen molar-refractivity contribution in [3.8, 4) is 0 Å². The van der Waals surface area contributed by atoms with Crippen molar-refractivity contribution in [2.45, 2.75) is 13.0 Å². The van der Waals surface area contributed by atoms with Crippen LogP contribution >= 0.6 is 11.6 Å². The summed E-state index contributed by atoms with van der Waals surface area (Å²) in [7, 11) is 0. The van der Waals surface area contributed by atoms with E-state index >= 15 is 0 Å². The molecule has 1 aliphatic rings. The van der Waals surface area contributed by atoms with Crippen LogP contribution in [0, 0.1) is 0 Å². The van der Waals surface area contributed by atoms with E-state index in [9.17, 15) is 4.79 Å². The Morgan fingerprint density at radius 1 is 1.12 bits per heavy atom. The molecule has 3 rings (SSSR count). The lowest BCUT2D eigenvalue weighted by atomic mass is 10.2. The van der Waals surface area contributed by atoms with Gasteiger partial charge in [0.1, 0.15) is 5.82 Å². The second-order valence-electron chi connectivity index (χ2n) is 5.88. The number of nitrogens with one attached hydrogen (secondary N) is 1. The summed E-state index contributed by atoms with van der Waals surface area (Å²) in [6.45, 7) is 5.37. The Hall–Kier alpha value is -2.11. The SMILES string of the molecule is C[C@H](C(=O)Nc1ccc(Cl)cc1)N1CCN(c2ccccn2)CC1. The fourth-order valence-electron chi connectivity index (χ4n) is 2.82. The van der Waals surface area contributed by atoms with E-state index in [1.54, 1.807) is 12.1 Å². The molecule has 1 aromatic heterocycles. The maximum Gasteiger partial charge on any atom is 0.241 e. The average molecular weight is 345 g/mol. The predicted octanol–water partition coefficient (Wildman–Crippen LogP) is 2.88. The number of hydrogen-bond donors (Lipinski definition) is 1. The first-order valence-corrected chi connectivity index (χ1v) is 8.48. The molecule has 1 aromatic carbocycles. The van der Waals surface area contributed by atoms with Gasteiger partial charge in [0, 0.05) is 43.1 Å². The first-order chi connectivity index (χ1) is 11.6. The van der Waals surface area contributed by atoms with Crippen molar-refractivity contribution < 1.29 is 4.79 Å². The van der Waals surface area contributed by atoms with Crippen LogP contribution in [0.4, 0.5) is 11.5 Å². The number of amides is 1. The van der Waals surface area contributed by atoms with E-state index in [4.69, 9.17) is 11.6 Å². The lowest BCUT2D eigenvalue weighted by Crippen LogP contribution is -2.53. The number of carbonyl (C=O) groups is 1. The summed E-state index contributed by atoms with van der Waals surface area (Å²) in [6, 6.07) is 12.9. The van der Waals surface area contributed by atoms with Crippen LogP contribution in [0.25, 0.3) is 0 Å². The molecule has 1 atom stereocenters. The fraction of sp³-hybridized carbons (Fsp3) is 0.333. The van der Waals surface area contributed by atoms with E-state index in [0.29, 0.717) is 5.02 Å². The summed E-state index contributed by atoms with van der Waals surface area (Å²) in [4.78, 5) is 21.3.